The second-order valence-corrected chi connectivity index (χ2v) is 6.40. The summed E-state index contributed by atoms with van der Waals surface area (Å²) < 4.78 is 12.9. The Kier molecular flexibility index (Phi) is 4.98. The van der Waals surface area contributed by atoms with E-state index in [1.807, 2.05) is 12.1 Å². The molecule has 0 aromatic heterocycles. The lowest BCUT2D eigenvalue weighted by Gasteiger charge is -2.35. The Morgan fingerprint density at radius 3 is 2.58 bits per heavy atom. The highest BCUT2D eigenvalue weighted by atomic mass is 19.1. The molecule has 1 aromatic carbocycles. The van der Waals surface area contributed by atoms with Crippen molar-refractivity contribution in [2.45, 2.75) is 58.5 Å². The molecule has 0 aliphatic heterocycles. The molecule has 1 aromatic rings. The van der Waals surface area contributed by atoms with Crippen LogP contribution in [-0.2, 0) is 6.42 Å². The van der Waals surface area contributed by atoms with Gasteiger partial charge in [0, 0.05) is 12.1 Å². The molecule has 0 bridgehead atoms. The molecule has 0 radical (unpaired) electrons. The van der Waals surface area contributed by atoms with Crippen LogP contribution in [0.15, 0.2) is 24.3 Å². The van der Waals surface area contributed by atoms with Crippen LogP contribution >= 0.6 is 0 Å². The quantitative estimate of drug-likeness (QED) is 0.859. The molecule has 19 heavy (non-hydrogen) atoms. The van der Waals surface area contributed by atoms with Crippen molar-refractivity contribution in [2.75, 3.05) is 0 Å². The summed E-state index contributed by atoms with van der Waals surface area (Å²) in [4.78, 5) is 0. The zero-order valence-corrected chi connectivity index (χ0v) is 12.3. The predicted octanol–water partition coefficient (Wildman–Crippen LogP) is 4.17. The van der Waals surface area contributed by atoms with Crippen LogP contribution in [0.5, 0.6) is 0 Å². The van der Waals surface area contributed by atoms with Gasteiger partial charge in [0.1, 0.15) is 5.82 Å². The van der Waals surface area contributed by atoms with Gasteiger partial charge in [0.25, 0.3) is 0 Å². The molecule has 0 heterocycles. The Labute approximate surface area is 116 Å². The first-order valence-corrected chi connectivity index (χ1v) is 7.55. The molecule has 1 aliphatic rings. The van der Waals surface area contributed by atoms with E-state index in [0.29, 0.717) is 12.1 Å². The summed E-state index contributed by atoms with van der Waals surface area (Å²) in [6.07, 6.45) is 4.96. The fraction of sp³-hybridized carbons (Fsp3) is 0.647. The van der Waals surface area contributed by atoms with E-state index in [9.17, 15) is 4.39 Å². The normalized spacial score (nSPS) is 29.2. The molecule has 4 unspecified atom stereocenters. The Balaban J connectivity index is 1.86. The van der Waals surface area contributed by atoms with Crippen molar-refractivity contribution in [3.8, 4) is 0 Å². The second-order valence-electron chi connectivity index (χ2n) is 6.40. The molecular formula is C17H26FN. The summed E-state index contributed by atoms with van der Waals surface area (Å²) in [5.41, 5.74) is 1.21. The van der Waals surface area contributed by atoms with E-state index in [0.717, 1.165) is 18.3 Å². The highest BCUT2D eigenvalue weighted by Gasteiger charge is 2.26. The largest absolute Gasteiger partial charge is 0.311 e. The van der Waals surface area contributed by atoms with Crippen LogP contribution in [0.25, 0.3) is 0 Å². The van der Waals surface area contributed by atoms with E-state index >= 15 is 0 Å². The molecule has 4 atom stereocenters. The van der Waals surface area contributed by atoms with E-state index < -0.39 is 0 Å². The summed E-state index contributed by atoms with van der Waals surface area (Å²) in [6.45, 7) is 6.94. The third-order valence-corrected chi connectivity index (χ3v) is 4.41. The molecule has 2 rings (SSSR count). The molecular weight excluding hydrogens is 237 g/mol. The lowest BCUT2D eigenvalue weighted by atomic mass is 9.79. The maximum Gasteiger partial charge on any atom is 0.123 e. The van der Waals surface area contributed by atoms with Crippen molar-refractivity contribution < 1.29 is 4.39 Å². The standard InChI is InChI=1S/C17H26FN/c1-12-4-5-13(2)17(10-12)19-14(3)11-15-6-8-16(18)9-7-15/h6-9,12-14,17,19H,4-5,10-11H2,1-3H3. The molecule has 1 aliphatic carbocycles. The van der Waals surface area contributed by atoms with Gasteiger partial charge >= 0.3 is 0 Å². The zero-order chi connectivity index (χ0) is 13.8. The van der Waals surface area contributed by atoms with Crippen molar-refractivity contribution in [2.24, 2.45) is 11.8 Å². The van der Waals surface area contributed by atoms with Crippen molar-refractivity contribution in [3.05, 3.63) is 35.6 Å². The molecule has 2 heteroatoms. The topological polar surface area (TPSA) is 12.0 Å². The number of nitrogens with one attached hydrogen (secondary N) is 1. The minimum absolute atomic E-state index is 0.154. The minimum Gasteiger partial charge on any atom is -0.311 e. The highest BCUT2D eigenvalue weighted by Crippen LogP contribution is 2.28. The fourth-order valence-electron chi connectivity index (χ4n) is 3.16. The van der Waals surface area contributed by atoms with Gasteiger partial charge in [-0.15, -0.1) is 0 Å². The van der Waals surface area contributed by atoms with E-state index in [-0.39, 0.29) is 5.82 Å². The van der Waals surface area contributed by atoms with Gasteiger partial charge in [-0.25, -0.2) is 4.39 Å². The fourth-order valence-corrected chi connectivity index (χ4v) is 3.16. The summed E-state index contributed by atoms with van der Waals surface area (Å²) in [6, 6.07) is 7.96. The Hall–Kier alpha value is -0.890. The number of hydrogen-bond donors (Lipinski definition) is 1. The van der Waals surface area contributed by atoms with Gasteiger partial charge in [0.05, 0.1) is 0 Å². The van der Waals surface area contributed by atoms with E-state index in [1.54, 1.807) is 12.1 Å². The van der Waals surface area contributed by atoms with E-state index in [2.05, 4.69) is 26.1 Å². The van der Waals surface area contributed by atoms with Gasteiger partial charge in [-0.3, -0.25) is 0 Å². The third kappa shape index (κ3) is 4.31. The summed E-state index contributed by atoms with van der Waals surface area (Å²) in [5, 5.41) is 3.77. The number of rotatable bonds is 4. The molecule has 0 spiro atoms. The number of benzene rings is 1. The minimum atomic E-state index is -0.154. The lowest BCUT2D eigenvalue weighted by Crippen LogP contribution is -2.44. The van der Waals surface area contributed by atoms with Gasteiger partial charge in [-0.1, -0.05) is 32.4 Å². The van der Waals surface area contributed by atoms with Crippen LogP contribution < -0.4 is 5.32 Å². The van der Waals surface area contributed by atoms with Crippen molar-refractivity contribution in [3.63, 3.8) is 0 Å². The predicted molar refractivity (Wildman–Crippen MR) is 78.7 cm³/mol. The van der Waals surface area contributed by atoms with Gasteiger partial charge in [0.2, 0.25) is 0 Å². The Bertz CT molecular complexity index is 387. The second kappa shape index (κ2) is 6.51. The first-order valence-electron chi connectivity index (χ1n) is 7.55. The van der Waals surface area contributed by atoms with Gasteiger partial charge in [-0.2, -0.15) is 0 Å². The Morgan fingerprint density at radius 1 is 1.21 bits per heavy atom. The van der Waals surface area contributed by atoms with Crippen LogP contribution in [-0.4, -0.2) is 12.1 Å². The number of halogens is 1. The summed E-state index contributed by atoms with van der Waals surface area (Å²) >= 11 is 0. The average Bonchev–Trinajstić information content (AvgIpc) is 2.37. The number of hydrogen-bond acceptors (Lipinski definition) is 1. The smallest absolute Gasteiger partial charge is 0.123 e. The Morgan fingerprint density at radius 2 is 1.89 bits per heavy atom. The highest BCUT2D eigenvalue weighted by molar-refractivity contribution is 5.17. The van der Waals surface area contributed by atoms with E-state index in [4.69, 9.17) is 0 Å². The first kappa shape index (κ1) is 14.5. The lowest BCUT2D eigenvalue weighted by molar-refractivity contribution is 0.215. The van der Waals surface area contributed by atoms with Crippen molar-refractivity contribution >= 4 is 0 Å². The molecule has 1 saturated carbocycles. The van der Waals surface area contributed by atoms with Crippen molar-refractivity contribution in [1.82, 2.24) is 5.32 Å². The molecule has 106 valence electrons. The SMILES string of the molecule is CC1CCC(C)C(NC(C)Cc2ccc(F)cc2)C1. The average molecular weight is 263 g/mol. The van der Waals surface area contributed by atoms with Crippen molar-refractivity contribution in [1.29, 1.82) is 0 Å². The first-order chi connectivity index (χ1) is 9.04. The molecule has 1 N–H and O–H groups in total. The zero-order valence-electron chi connectivity index (χ0n) is 12.3. The molecule has 1 nitrogen and oxygen atoms in total. The van der Waals surface area contributed by atoms with Gasteiger partial charge < -0.3 is 5.32 Å². The van der Waals surface area contributed by atoms with Crippen LogP contribution in [0.4, 0.5) is 4.39 Å². The molecule has 1 fully saturated rings. The van der Waals surface area contributed by atoms with E-state index in [1.165, 1.54) is 24.8 Å². The van der Waals surface area contributed by atoms with Gasteiger partial charge in [-0.05, 0) is 55.7 Å². The van der Waals surface area contributed by atoms with Crippen LogP contribution in [0, 0.1) is 17.7 Å². The molecule has 0 amide bonds. The summed E-state index contributed by atoms with van der Waals surface area (Å²) in [5.74, 6) is 1.46. The maximum absolute atomic E-state index is 12.9. The van der Waals surface area contributed by atoms with Crippen LogP contribution in [0.1, 0.15) is 45.6 Å². The third-order valence-electron chi connectivity index (χ3n) is 4.41. The molecule has 0 saturated heterocycles. The maximum atomic E-state index is 12.9. The monoisotopic (exact) mass is 263 g/mol. The summed E-state index contributed by atoms with van der Waals surface area (Å²) in [7, 11) is 0. The van der Waals surface area contributed by atoms with Gasteiger partial charge in [0.15, 0.2) is 0 Å². The van der Waals surface area contributed by atoms with Crippen LogP contribution in [0.2, 0.25) is 0 Å². The van der Waals surface area contributed by atoms with Crippen LogP contribution in [0.3, 0.4) is 0 Å².